The molecule has 0 saturated carbocycles. The first kappa shape index (κ1) is 30.7. The number of H-pyrrole nitrogens is 1. The number of halogens is 1. The van der Waals surface area contributed by atoms with Crippen LogP contribution in [0.15, 0.2) is 54.2 Å². The van der Waals surface area contributed by atoms with Crippen molar-refractivity contribution >= 4 is 45.6 Å². The number of aromatic carboxylic acids is 1. The number of para-hydroxylation sites is 1. The van der Waals surface area contributed by atoms with Crippen LogP contribution in [0, 0.1) is 13.8 Å². The van der Waals surface area contributed by atoms with Crippen molar-refractivity contribution in [3.8, 4) is 5.75 Å². The maximum atomic E-state index is 14.4. The van der Waals surface area contributed by atoms with E-state index in [-0.39, 0.29) is 17.5 Å². The fourth-order valence-corrected chi connectivity index (χ4v) is 7.04. The van der Waals surface area contributed by atoms with Gasteiger partial charge in [0.15, 0.2) is 0 Å². The first-order valence-corrected chi connectivity index (χ1v) is 15.7. The van der Waals surface area contributed by atoms with Gasteiger partial charge in [-0.25, -0.2) is 9.80 Å². The Morgan fingerprint density at radius 2 is 1.78 bits per heavy atom. The van der Waals surface area contributed by atoms with Crippen molar-refractivity contribution in [3.63, 3.8) is 0 Å². The van der Waals surface area contributed by atoms with Crippen LogP contribution in [0.4, 0.5) is 5.69 Å². The molecule has 9 heteroatoms. The average Bonchev–Trinajstić information content (AvgIpc) is 3.67. The number of allylic oxidation sites excluding steroid dienone is 1. The zero-order valence-electron chi connectivity index (χ0n) is 26.6. The van der Waals surface area contributed by atoms with Crippen LogP contribution >= 0.6 is 11.6 Å². The second-order valence-corrected chi connectivity index (χ2v) is 12.5. The third-order valence-corrected chi connectivity index (χ3v) is 10.1. The molecule has 0 aliphatic carbocycles. The van der Waals surface area contributed by atoms with E-state index in [1.54, 1.807) is 17.0 Å². The summed E-state index contributed by atoms with van der Waals surface area (Å²) in [6.07, 6.45) is 1.82. The van der Waals surface area contributed by atoms with Gasteiger partial charge >= 0.3 is 5.97 Å². The van der Waals surface area contributed by atoms with Crippen molar-refractivity contribution in [3.05, 3.63) is 98.3 Å². The number of carboxylic acids is 1. The highest BCUT2D eigenvalue weighted by Gasteiger charge is 2.34. The number of benzene rings is 3. The van der Waals surface area contributed by atoms with Gasteiger partial charge in [0.2, 0.25) is 0 Å². The van der Waals surface area contributed by atoms with Gasteiger partial charge in [0.05, 0.1) is 23.7 Å². The molecule has 3 heterocycles. The molecule has 45 heavy (non-hydrogen) atoms. The normalized spacial score (nSPS) is 16.6. The Bertz CT molecular complexity index is 1850. The predicted octanol–water partition coefficient (Wildman–Crippen LogP) is 7.26. The lowest BCUT2D eigenvalue weighted by molar-refractivity contribution is 0.0695. The van der Waals surface area contributed by atoms with Gasteiger partial charge in [-0.05, 0) is 93.5 Å². The van der Waals surface area contributed by atoms with E-state index in [9.17, 15) is 14.7 Å². The van der Waals surface area contributed by atoms with E-state index < -0.39 is 5.97 Å². The van der Waals surface area contributed by atoms with Gasteiger partial charge in [-0.2, -0.15) is 0 Å². The summed E-state index contributed by atoms with van der Waals surface area (Å²) < 4.78 is 6.13. The zero-order valence-corrected chi connectivity index (χ0v) is 27.4. The number of ether oxygens (including phenoxy) is 1. The van der Waals surface area contributed by atoms with Crippen LogP contribution < -0.4 is 9.64 Å². The maximum absolute atomic E-state index is 14.4. The number of aromatic amines is 1. The number of hydrogen-bond acceptors (Lipinski definition) is 5. The fraction of sp³-hybridized carbons (Fsp3) is 0.333. The molecular weight excluding hydrogens is 588 g/mol. The van der Waals surface area contributed by atoms with Gasteiger partial charge in [-0.15, -0.1) is 0 Å². The number of hydrazine groups is 1. The average molecular weight is 627 g/mol. The lowest BCUT2D eigenvalue weighted by Crippen LogP contribution is -2.34. The van der Waals surface area contributed by atoms with Gasteiger partial charge in [0.25, 0.3) is 5.91 Å². The number of amides is 1. The number of nitrogens with one attached hydrogen (secondary N) is 1. The van der Waals surface area contributed by atoms with E-state index in [1.807, 2.05) is 32.0 Å². The van der Waals surface area contributed by atoms with E-state index in [0.29, 0.717) is 49.4 Å². The number of aryl methyl sites for hydroxylation is 3. The number of hydrogen-bond donors (Lipinski definition) is 2. The van der Waals surface area contributed by atoms with Crippen LogP contribution in [0.1, 0.15) is 68.9 Å². The number of carboxylic acid groups (broad SMARTS) is 1. The van der Waals surface area contributed by atoms with Crippen LogP contribution in [-0.2, 0) is 12.8 Å². The lowest BCUT2D eigenvalue weighted by atomic mass is 9.95. The molecule has 2 aliphatic rings. The van der Waals surface area contributed by atoms with Gasteiger partial charge in [-0.3, -0.25) is 4.79 Å². The Labute approximate surface area is 268 Å². The highest BCUT2D eigenvalue weighted by atomic mass is 35.5. The first-order valence-electron chi connectivity index (χ1n) is 15.4. The van der Waals surface area contributed by atoms with E-state index in [0.717, 1.165) is 49.6 Å². The number of fused-ring (bicyclic) bond motifs is 2. The summed E-state index contributed by atoms with van der Waals surface area (Å²) in [6.45, 7) is 9.16. The second-order valence-electron chi connectivity index (χ2n) is 12.1. The van der Waals surface area contributed by atoms with Gasteiger partial charge < -0.3 is 24.7 Å². The lowest BCUT2D eigenvalue weighted by Gasteiger charge is -2.26. The SMILES string of the molecule is CC1=C(c2cccc3c(CCCOc4cc(C)c(Cl)c(C)c4)c(C(=O)N4CCc5c(C(=O)O)cccc54)[nH]c23)C(C)N(C)N1C. The molecule has 1 aromatic heterocycles. The summed E-state index contributed by atoms with van der Waals surface area (Å²) in [5, 5.41) is 15.9. The van der Waals surface area contributed by atoms with Crippen LogP contribution in [0.3, 0.4) is 0 Å². The molecule has 0 saturated heterocycles. The molecule has 2 N–H and O–H groups in total. The van der Waals surface area contributed by atoms with Gasteiger partial charge in [-0.1, -0.05) is 35.9 Å². The Morgan fingerprint density at radius 1 is 1.07 bits per heavy atom. The largest absolute Gasteiger partial charge is 0.494 e. The van der Waals surface area contributed by atoms with E-state index in [4.69, 9.17) is 16.3 Å². The molecule has 1 atom stereocenters. The number of rotatable bonds is 8. The summed E-state index contributed by atoms with van der Waals surface area (Å²) in [4.78, 5) is 31.6. The highest BCUT2D eigenvalue weighted by molar-refractivity contribution is 6.32. The van der Waals surface area contributed by atoms with Crippen molar-refractivity contribution in [2.24, 2.45) is 0 Å². The van der Waals surface area contributed by atoms with E-state index in [2.05, 4.69) is 61.1 Å². The maximum Gasteiger partial charge on any atom is 0.336 e. The molecule has 0 fully saturated rings. The number of nitrogens with zero attached hydrogens (tertiary/aromatic N) is 3. The second kappa shape index (κ2) is 11.9. The summed E-state index contributed by atoms with van der Waals surface area (Å²) in [7, 11) is 4.14. The quantitative estimate of drug-likeness (QED) is 0.200. The minimum absolute atomic E-state index is 0.155. The smallest absolute Gasteiger partial charge is 0.336 e. The Morgan fingerprint density at radius 3 is 2.44 bits per heavy atom. The van der Waals surface area contributed by atoms with E-state index >= 15 is 0 Å². The molecular formula is C36H39ClN4O4. The number of carbonyl (C=O) groups is 2. The van der Waals surface area contributed by atoms with Gasteiger partial charge in [0, 0.05) is 53.6 Å². The number of likely N-dealkylation sites (N-methyl/N-ethyl adjacent to an activating group) is 1. The van der Waals surface area contributed by atoms with Crippen LogP contribution in [0.25, 0.3) is 16.5 Å². The summed E-state index contributed by atoms with van der Waals surface area (Å²) in [5.74, 6) is -0.356. The molecule has 3 aromatic carbocycles. The molecule has 0 spiro atoms. The summed E-state index contributed by atoms with van der Waals surface area (Å²) in [6, 6.07) is 15.5. The molecule has 2 aliphatic heterocycles. The zero-order chi connectivity index (χ0) is 32.2. The molecule has 0 bridgehead atoms. The minimum atomic E-state index is -0.979. The monoisotopic (exact) mass is 626 g/mol. The third kappa shape index (κ3) is 5.26. The van der Waals surface area contributed by atoms with E-state index in [1.165, 1.54) is 5.57 Å². The standard InChI is InChI=1S/C36H39ClN4O4/c1-20-18-24(19-21(2)32(20)37)45-17-9-13-27-26-10-7-12-29(31-22(3)39(5)40(6)23(31)4)33(26)38-34(27)35(42)41-16-15-25-28(36(43)44)11-8-14-30(25)41/h7-8,10-12,14,18-19,22,38H,9,13,15-17H2,1-6H3,(H,43,44). The Kier molecular flexibility index (Phi) is 8.14. The minimum Gasteiger partial charge on any atom is -0.494 e. The highest BCUT2D eigenvalue weighted by Crippen LogP contribution is 2.40. The molecule has 0 radical (unpaired) electrons. The number of carbonyl (C=O) groups excluding carboxylic acids is 1. The number of aromatic nitrogens is 1. The van der Waals surface area contributed by atoms with Crippen molar-refractivity contribution in [2.75, 3.05) is 32.1 Å². The molecule has 1 amide bonds. The molecule has 8 nitrogen and oxygen atoms in total. The van der Waals surface area contributed by atoms with Crippen molar-refractivity contribution in [1.82, 2.24) is 15.0 Å². The van der Waals surface area contributed by atoms with Crippen LogP contribution in [0.5, 0.6) is 5.75 Å². The van der Waals surface area contributed by atoms with Crippen molar-refractivity contribution in [2.45, 2.75) is 53.0 Å². The molecule has 234 valence electrons. The Hall–Kier alpha value is -4.27. The van der Waals surface area contributed by atoms with Crippen LogP contribution in [-0.4, -0.2) is 65.3 Å². The fourth-order valence-electron chi connectivity index (χ4n) is 6.93. The van der Waals surface area contributed by atoms with Gasteiger partial charge in [0.1, 0.15) is 11.4 Å². The predicted molar refractivity (Wildman–Crippen MR) is 179 cm³/mol. The van der Waals surface area contributed by atoms with Crippen molar-refractivity contribution < 1.29 is 19.4 Å². The number of anilines is 1. The summed E-state index contributed by atoms with van der Waals surface area (Å²) >= 11 is 6.35. The van der Waals surface area contributed by atoms with Crippen molar-refractivity contribution in [1.29, 1.82) is 0 Å². The third-order valence-electron chi connectivity index (χ3n) is 9.52. The first-order chi connectivity index (χ1) is 21.5. The van der Waals surface area contributed by atoms with Crippen LogP contribution in [0.2, 0.25) is 5.02 Å². The summed E-state index contributed by atoms with van der Waals surface area (Å²) in [5.41, 5.74) is 9.43. The molecule has 4 aromatic rings. The topological polar surface area (TPSA) is 89.1 Å². The molecule has 6 rings (SSSR count). The molecule has 1 unspecified atom stereocenters. The Balaban J connectivity index is 1.38.